The first kappa shape index (κ1) is 10.9. The third kappa shape index (κ3) is 4.38. The SMILES string of the molecule is CC.CN1CCC(CCO)C1. The van der Waals surface area contributed by atoms with Gasteiger partial charge in [0.2, 0.25) is 0 Å². The lowest BCUT2D eigenvalue weighted by molar-refractivity contribution is 0.256. The highest BCUT2D eigenvalue weighted by Gasteiger charge is 2.17. The van der Waals surface area contributed by atoms with Crippen LogP contribution in [0.15, 0.2) is 0 Å². The number of aliphatic hydroxyl groups is 1. The van der Waals surface area contributed by atoms with Crippen molar-refractivity contribution < 1.29 is 5.11 Å². The summed E-state index contributed by atoms with van der Waals surface area (Å²) in [6.07, 6.45) is 2.27. The molecule has 0 aromatic heterocycles. The van der Waals surface area contributed by atoms with Crippen molar-refractivity contribution in [1.29, 1.82) is 0 Å². The third-order valence-corrected chi connectivity index (χ3v) is 2.03. The number of likely N-dealkylation sites (tertiary alicyclic amines) is 1. The van der Waals surface area contributed by atoms with Crippen molar-refractivity contribution in [1.82, 2.24) is 4.90 Å². The molecular weight excluding hydrogens is 138 g/mol. The van der Waals surface area contributed by atoms with Gasteiger partial charge in [0.25, 0.3) is 0 Å². The van der Waals surface area contributed by atoms with E-state index < -0.39 is 0 Å². The fourth-order valence-electron chi connectivity index (χ4n) is 1.44. The molecule has 0 aromatic carbocycles. The maximum Gasteiger partial charge on any atom is 0.0434 e. The Morgan fingerprint density at radius 3 is 2.45 bits per heavy atom. The molecular formula is C9H21NO. The molecule has 1 unspecified atom stereocenters. The Kier molecular flexibility index (Phi) is 6.57. The summed E-state index contributed by atoms with van der Waals surface area (Å²) in [5.74, 6) is 0.764. The molecule has 1 saturated heterocycles. The van der Waals surface area contributed by atoms with Gasteiger partial charge in [-0.05, 0) is 32.4 Å². The first-order valence-electron chi connectivity index (χ1n) is 4.62. The van der Waals surface area contributed by atoms with E-state index in [-0.39, 0.29) is 0 Å². The zero-order chi connectivity index (χ0) is 8.69. The van der Waals surface area contributed by atoms with E-state index in [9.17, 15) is 0 Å². The van der Waals surface area contributed by atoms with Gasteiger partial charge < -0.3 is 10.0 Å². The molecule has 68 valence electrons. The Morgan fingerprint density at radius 2 is 2.09 bits per heavy atom. The standard InChI is InChI=1S/C7H15NO.C2H6/c1-8-4-2-7(6-8)3-5-9;1-2/h7,9H,2-6H2,1H3;1-2H3. The van der Waals surface area contributed by atoms with Gasteiger partial charge in [0.1, 0.15) is 0 Å². The van der Waals surface area contributed by atoms with E-state index in [4.69, 9.17) is 5.11 Å². The smallest absolute Gasteiger partial charge is 0.0434 e. The summed E-state index contributed by atoms with van der Waals surface area (Å²) in [5.41, 5.74) is 0. The second-order valence-corrected chi connectivity index (χ2v) is 2.93. The first-order chi connectivity index (χ1) is 5.33. The van der Waals surface area contributed by atoms with Gasteiger partial charge in [-0.1, -0.05) is 13.8 Å². The Bertz CT molecular complexity index is 83.6. The molecule has 1 aliphatic rings. The van der Waals surface area contributed by atoms with Crippen molar-refractivity contribution in [3.05, 3.63) is 0 Å². The molecule has 0 spiro atoms. The number of aliphatic hydroxyl groups excluding tert-OH is 1. The third-order valence-electron chi connectivity index (χ3n) is 2.03. The Hall–Kier alpha value is -0.0800. The highest BCUT2D eigenvalue weighted by atomic mass is 16.3. The van der Waals surface area contributed by atoms with Crippen molar-refractivity contribution in [2.24, 2.45) is 5.92 Å². The van der Waals surface area contributed by atoms with Crippen LogP contribution in [0.1, 0.15) is 26.7 Å². The molecule has 1 heterocycles. The lowest BCUT2D eigenvalue weighted by Crippen LogP contribution is -2.14. The van der Waals surface area contributed by atoms with E-state index in [0.717, 1.165) is 12.3 Å². The van der Waals surface area contributed by atoms with Gasteiger partial charge in [-0.15, -0.1) is 0 Å². The molecule has 1 rings (SSSR count). The maximum absolute atomic E-state index is 8.59. The monoisotopic (exact) mass is 159 g/mol. The summed E-state index contributed by atoms with van der Waals surface area (Å²) >= 11 is 0. The van der Waals surface area contributed by atoms with E-state index in [2.05, 4.69) is 11.9 Å². The van der Waals surface area contributed by atoms with Crippen LogP contribution in [-0.4, -0.2) is 36.8 Å². The van der Waals surface area contributed by atoms with E-state index in [1.54, 1.807) is 0 Å². The lowest BCUT2D eigenvalue weighted by Gasteiger charge is -2.07. The summed E-state index contributed by atoms with van der Waals surface area (Å²) in [7, 11) is 2.14. The topological polar surface area (TPSA) is 23.5 Å². The second kappa shape index (κ2) is 6.62. The minimum Gasteiger partial charge on any atom is -0.396 e. The molecule has 1 aliphatic heterocycles. The van der Waals surface area contributed by atoms with Gasteiger partial charge in [-0.2, -0.15) is 0 Å². The summed E-state index contributed by atoms with van der Waals surface area (Å²) in [6, 6.07) is 0. The maximum atomic E-state index is 8.59. The Balaban J connectivity index is 0.000000461. The zero-order valence-electron chi connectivity index (χ0n) is 8.01. The number of nitrogens with zero attached hydrogens (tertiary/aromatic N) is 1. The van der Waals surface area contributed by atoms with Crippen molar-refractivity contribution in [2.45, 2.75) is 26.7 Å². The predicted molar refractivity (Wildman–Crippen MR) is 48.7 cm³/mol. The van der Waals surface area contributed by atoms with Crippen molar-refractivity contribution in [2.75, 3.05) is 26.7 Å². The van der Waals surface area contributed by atoms with E-state index in [1.165, 1.54) is 19.5 Å². The number of rotatable bonds is 2. The van der Waals surface area contributed by atoms with Crippen LogP contribution in [0.3, 0.4) is 0 Å². The van der Waals surface area contributed by atoms with Crippen LogP contribution >= 0.6 is 0 Å². The summed E-state index contributed by atoms with van der Waals surface area (Å²) < 4.78 is 0. The van der Waals surface area contributed by atoms with Gasteiger partial charge in [0.15, 0.2) is 0 Å². The zero-order valence-corrected chi connectivity index (χ0v) is 8.01. The molecule has 0 bridgehead atoms. The summed E-state index contributed by atoms with van der Waals surface area (Å²) in [6.45, 7) is 6.75. The molecule has 1 atom stereocenters. The van der Waals surface area contributed by atoms with E-state index in [0.29, 0.717) is 6.61 Å². The fraction of sp³-hybridized carbons (Fsp3) is 1.00. The summed E-state index contributed by atoms with van der Waals surface area (Å²) in [4.78, 5) is 2.32. The molecule has 11 heavy (non-hydrogen) atoms. The molecule has 0 aliphatic carbocycles. The van der Waals surface area contributed by atoms with Crippen LogP contribution in [0, 0.1) is 5.92 Å². The minimum atomic E-state index is 0.360. The first-order valence-corrected chi connectivity index (χ1v) is 4.62. The molecule has 2 nitrogen and oxygen atoms in total. The van der Waals surface area contributed by atoms with Gasteiger partial charge in [-0.25, -0.2) is 0 Å². The fourth-order valence-corrected chi connectivity index (χ4v) is 1.44. The van der Waals surface area contributed by atoms with Crippen LogP contribution in [0.25, 0.3) is 0 Å². The molecule has 0 radical (unpaired) electrons. The molecule has 1 fully saturated rings. The van der Waals surface area contributed by atoms with Crippen LogP contribution in [0.5, 0.6) is 0 Å². The molecule has 2 heteroatoms. The Morgan fingerprint density at radius 1 is 1.45 bits per heavy atom. The largest absolute Gasteiger partial charge is 0.396 e. The van der Waals surface area contributed by atoms with E-state index >= 15 is 0 Å². The lowest BCUT2D eigenvalue weighted by atomic mass is 10.1. The van der Waals surface area contributed by atoms with Crippen molar-refractivity contribution in [3.8, 4) is 0 Å². The predicted octanol–water partition coefficient (Wildman–Crippen LogP) is 1.35. The van der Waals surface area contributed by atoms with Crippen LogP contribution in [-0.2, 0) is 0 Å². The second-order valence-electron chi connectivity index (χ2n) is 2.93. The molecule has 0 amide bonds. The van der Waals surface area contributed by atoms with Crippen LogP contribution < -0.4 is 0 Å². The number of hydrogen-bond acceptors (Lipinski definition) is 2. The highest BCUT2D eigenvalue weighted by molar-refractivity contribution is 4.71. The molecule has 0 aromatic rings. The summed E-state index contributed by atoms with van der Waals surface area (Å²) in [5, 5.41) is 8.59. The van der Waals surface area contributed by atoms with E-state index in [1.807, 2.05) is 13.8 Å². The normalized spacial score (nSPS) is 24.5. The molecule has 1 N–H and O–H groups in total. The average molecular weight is 159 g/mol. The van der Waals surface area contributed by atoms with Gasteiger partial charge in [0.05, 0.1) is 0 Å². The van der Waals surface area contributed by atoms with Gasteiger partial charge in [0, 0.05) is 13.2 Å². The molecule has 0 saturated carbocycles. The van der Waals surface area contributed by atoms with Gasteiger partial charge >= 0.3 is 0 Å². The average Bonchev–Trinajstić information content (AvgIpc) is 2.41. The van der Waals surface area contributed by atoms with Crippen LogP contribution in [0.2, 0.25) is 0 Å². The quantitative estimate of drug-likeness (QED) is 0.657. The van der Waals surface area contributed by atoms with Crippen molar-refractivity contribution >= 4 is 0 Å². The van der Waals surface area contributed by atoms with Crippen LogP contribution in [0.4, 0.5) is 0 Å². The minimum absolute atomic E-state index is 0.360. The van der Waals surface area contributed by atoms with Crippen molar-refractivity contribution in [3.63, 3.8) is 0 Å². The highest BCUT2D eigenvalue weighted by Crippen LogP contribution is 2.16. The number of hydrogen-bond donors (Lipinski definition) is 1. The van der Waals surface area contributed by atoms with Gasteiger partial charge in [-0.3, -0.25) is 0 Å². The Labute approximate surface area is 70.2 Å².